The molecule has 0 spiro atoms. The van der Waals surface area contributed by atoms with Gasteiger partial charge in [0.1, 0.15) is 0 Å². The van der Waals surface area contributed by atoms with Crippen molar-refractivity contribution in [2.75, 3.05) is 23.9 Å². The van der Waals surface area contributed by atoms with E-state index in [0.29, 0.717) is 15.9 Å². The highest BCUT2D eigenvalue weighted by atomic mass is 32.2. The maximum atomic E-state index is 12.8. The normalized spacial score (nSPS) is 18.9. The molecule has 1 amide bonds. The summed E-state index contributed by atoms with van der Waals surface area (Å²) in [4.78, 5) is 14.3. The van der Waals surface area contributed by atoms with E-state index in [9.17, 15) is 13.2 Å². The summed E-state index contributed by atoms with van der Waals surface area (Å²) in [6, 6.07) is 6.05. The number of aryl methyl sites for hydroxylation is 2. The molecular formula is C20H28N4O3S3. The Morgan fingerprint density at radius 3 is 2.53 bits per heavy atom. The maximum Gasteiger partial charge on any atom is 0.235 e. The lowest BCUT2D eigenvalue weighted by molar-refractivity contribution is -0.130. The van der Waals surface area contributed by atoms with Crippen LogP contribution in [0, 0.1) is 0 Å². The van der Waals surface area contributed by atoms with Crippen molar-refractivity contribution in [1.82, 2.24) is 15.1 Å². The second-order valence-electron chi connectivity index (χ2n) is 7.42. The first-order chi connectivity index (χ1) is 14.2. The van der Waals surface area contributed by atoms with Gasteiger partial charge in [-0.25, -0.2) is 8.42 Å². The highest BCUT2D eigenvalue weighted by Crippen LogP contribution is 2.33. The van der Waals surface area contributed by atoms with Crippen molar-refractivity contribution in [2.24, 2.45) is 0 Å². The largest absolute Gasteiger partial charge is 0.341 e. The molecule has 7 nitrogen and oxygen atoms in total. The zero-order chi connectivity index (χ0) is 21.9. The van der Waals surface area contributed by atoms with Crippen LogP contribution in [0.3, 0.4) is 0 Å². The third-order valence-corrected chi connectivity index (χ3v) is 9.13. The Hall–Kier alpha value is -1.65. The average Bonchev–Trinajstić information content (AvgIpc) is 3.32. The van der Waals surface area contributed by atoms with E-state index in [2.05, 4.69) is 47.6 Å². The predicted octanol–water partition coefficient (Wildman–Crippen LogP) is 3.53. The molecule has 164 valence electrons. The van der Waals surface area contributed by atoms with Gasteiger partial charge in [0, 0.05) is 18.8 Å². The molecule has 1 aliphatic rings. The van der Waals surface area contributed by atoms with E-state index < -0.39 is 9.84 Å². The van der Waals surface area contributed by atoms with Crippen molar-refractivity contribution in [3.8, 4) is 0 Å². The highest BCUT2D eigenvalue weighted by Gasteiger charge is 2.34. The monoisotopic (exact) mass is 468 g/mol. The number of carbonyl (C=O) groups is 1. The Balaban J connectivity index is 1.65. The standard InChI is InChI=1S/C20H28N4O3S3/c1-5-14-8-7-9-15(6-2)17(14)21-19-22-23-20(29-19)28-13(3)18(25)24(4)16-10-11-30(26,27)12-16/h7-9,13,16H,5-6,10-12H2,1-4H3,(H,21,22). The fourth-order valence-electron chi connectivity index (χ4n) is 3.57. The summed E-state index contributed by atoms with van der Waals surface area (Å²) in [7, 11) is -1.34. The molecule has 2 aromatic rings. The molecule has 1 fully saturated rings. The molecule has 30 heavy (non-hydrogen) atoms. The topological polar surface area (TPSA) is 92.3 Å². The Morgan fingerprint density at radius 1 is 1.30 bits per heavy atom. The van der Waals surface area contributed by atoms with Gasteiger partial charge in [0.2, 0.25) is 11.0 Å². The fourth-order valence-corrected chi connectivity index (χ4v) is 7.34. The molecule has 0 aliphatic carbocycles. The number of sulfone groups is 1. The number of hydrogen-bond donors (Lipinski definition) is 1. The summed E-state index contributed by atoms with van der Waals surface area (Å²) in [6.07, 6.45) is 2.35. The van der Waals surface area contributed by atoms with Gasteiger partial charge in [0.05, 0.1) is 16.8 Å². The number of hydrogen-bond acceptors (Lipinski definition) is 8. The average molecular weight is 469 g/mol. The van der Waals surface area contributed by atoms with Gasteiger partial charge in [0.25, 0.3) is 0 Å². The minimum absolute atomic E-state index is 0.0517. The number of benzene rings is 1. The van der Waals surface area contributed by atoms with Gasteiger partial charge in [-0.2, -0.15) is 0 Å². The van der Waals surface area contributed by atoms with Crippen molar-refractivity contribution in [3.63, 3.8) is 0 Å². The van der Waals surface area contributed by atoms with E-state index in [0.717, 1.165) is 18.5 Å². The number of para-hydroxylation sites is 1. The molecule has 1 saturated heterocycles. The van der Waals surface area contributed by atoms with E-state index in [-0.39, 0.29) is 28.7 Å². The van der Waals surface area contributed by atoms with Crippen molar-refractivity contribution in [2.45, 2.75) is 55.7 Å². The molecule has 1 aromatic carbocycles. The number of rotatable bonds is 8. The SMILES string of the molecule is CCc1cccc(CC)c1Nc1nnc(SC(C)C(=O)N(C)C2CCS(=O)(=O)C2)s1. The van der Waals surface area contributed by atoms with Gasteiger partial charge in [-0.1, -0.05) is 55.1 Å². The van der Waals surface area contributed by atoms with Crippen molar-refractivity contribution in [1.29, 1.82) is 0 Å². The summed E-state index contributed by atoms with van der Waals surface area (Å²) in [5, 5.41) is 12.2. The van der Waals surface area contributed by atoms with Crippen LogP contribution >= 0.6 is 23.1 Å². The zero-order valence-electron chi connectivity index (χ0n) is 17.7. The number of amides is 1. The third kappa shape index (κ3) is 5.33. The number of thioether (sulfide) groups is 1. The molecule has 2 atom stereocenters. The number of anilines is 2. The molecule has 1 aliphatic heterocycles. The molecular weight excluding hydrogens is 440 g/mol. The Labute approximate surface area is 186 Å². The lowest BCUT2D eigenvalue weighted by Crippen LogP contribution is -2.41. The van der Waals surface area contributed by atoms with Gasteiger partial charge in [-0.15, -0.1) is 10.2 Å². The maximum absolute atomic E-state index is 12.8. The van der Waals surface area contributed by atoms with E-state index >= 15 is 0 Å². The summed E-state index contributed by atoms with van der Waals surface area (Å²) in [5.74, 6) is 0.119. The molecule has 2 unspecified atom stereocenters. The van der Waals surface area contributed by atoms with Crippen molar-refractivity contribution in [3.05, 3.63) is 29.3 Å². The van der Waals surface area contributed by atoms with Crippen LogP contribution in [0.1, 0.15) is 38.3 Å². The number of carbonyl (C=O) groups excluding carboxylic acids is 1. The quantitative estimate of drug-likeness (QED) is 0.593. The van der Waals surface area contributed by atoms with Crippen molar-refractivity contribution < 1.29 is 13.2 Å². The molecule has 10 heteroatoms. The van der Waals surface area contributed by atoms with Gasteiger partial charge < -0.3 is 10.2 Å². The minimum atomic E-state index is -3.03. The second kappa shape index (κ2) is 9.65. The van der Waals surface area contributed by atoms with Gasteiger partial charge in [-0.3, -0.25) is 4.79 Å². The molecule has 1 aromatic heterocycles. The summed E-state index contributed by atoms with van der Waals surface area (Å²) >= 11 is 2.77. The van der Waals surface area contributed by atoms with Crippen molar-refractivity contribution >= 4 is 49.7 Å². The molecule has 0 bridgehead atoms. The number of nitrogens with one attached hydrogen (secondary N) is 1. The van der Waals surface area contributed by atoms with Crippen LogP contribution in [0.2, 0.25) is 0 Å². The van der Waals surface area contributed by atoms with Crippen LogP contribution in [-0.2, 0) is 27.5 Å². The number of aromatic nitrogens is 2. The Bertz CT molecular complexity index is 984. The predicted molar refractivity (Wildman–Crippen MR) is 124 cm³/mol. The second-order valence-corrected chi connectivity index (χ2v) is 12.2. The molecule has 3 rings (SSSR count). The zero-order valence-corrected chi connectivity index (χ0v) is 20.2. The van der Waals surface area contributed by atoms with Crippen LogP contribution in [-0.4, -0.2) is 59.3 Å². The smallest absolute Gasteiger partial charge is 0.235 e. The highest BCUT2D eigenvalue weighted by molar-refractivity contribution is 8.02. The van der Waals surface area contributed by atoms with Crippen LogP contribution in [0.4, 0.5) is 10.8 Å². The summed E-state index contributed by atoms with van der Waals surface area (Å²) in [6.45, 7) is 6.07. The van der Waals surface area contributed by atoms with E-state index in [4.69, 9.17) is 0 Å². The first-order valence-corrected chi connectivity index (χ1v) is 13.6. The summed E-state index contributed by atoms with van der Waals surface area (Å²) < 4.78 is 24.1. The van der Waals surface area contributed by atoms with E-state index in [1.807, 2.05) is 6.92 Å². The first kappa shape index (κ1) is 23.0. The van der Waals surface area contributed by atoms with E-state index in [1.165, 1.54) is 34.2 Å². The van der Waals surface area contributed by atoms with Gasteiger partial charge in [0.15, 0.2) is 14.2 Å². The minimum Gasteiger partial charge on any atom is -0.341 e. The van der Waals surface area contributed by atoms with E-state index in [1.54, 1.807) is 11.9 Å². The van der Waals surface area contributed by atoms with Gasteiger partial charge in [-0.05, 0) is 37.3 Å². The molecule has 0 radical (unpaired) electrons. The van der Waals surface area contributed by atoms with Crippen LogP contribution in [0.15, 0.2) is 22.5 Å². The van der Waals surface area contributed by atoms with Crippen LogP contribution < -0.4 is 5.32 Å². The Kier molecular flexibility index (Phi) is 7.41. The molecule has 1 N–H and O–H groups in total. The molecule has 0 saturated carbocycles. The molecule has 2 heterocycles. The number of nitrogens with zero attached hydrogens (tertiary/aromatic N) is 3. The fraction of sp³-hybridized carbons (Fsp3) is 0.550. The third-order valence-electron chi connectivity index (χ3n) is 5.37. The Morgan fingerprint density at radius 2 is 1.97 bits per heavy atom. The lowest BCUT2D eigenvalue weighted by Gasteiger charge is -2.25. The van der Waals surface area contributed by atoms with Gasteiger partial charge >= 0.3 is 0 Å². The van der Waals surface area contributed by atoms with Crippen LogP contribution in [0.25, 0.3) is 0 Å². The lowest BCUT2D eigenvalue weighted by atomic mass is 10.0. The first-order valence-electron chi connectivity index (χ1n) is 10.1. The summed E-state index contributed by atoms with van der Waals surface area (Å²) in [5.41, 5.74) is 3.55. The van der Waals surface area contributed by atoms with Crippen LogP contribution in [0.5, 0.6) is 0 Å².